The number of carbonyl (C=O) groups excluding carboxylic acids is 1. The molecule has 0 bridgehead atoms. The zero-order valence-corrected chi connectivity index (χ0v) is 28.4. The second-order valence-corrected chi connectivity index (χ2v) is 13.7. The van der Waals surface area contributed by atoms with Gasteiger partial charge in [0.15, 0.2) is 11.5 Å². The molecule has 2 aromatic carbocycles. The molecule has 0 radical (unpaired) electrons. The molecule has 260 valence electrons. The van der Waals surface area contributed by atoms with Crippen molar-refractivity contribution in [1.29, 1.82) is 0 Å². The fraction of sp³-hybridized carbons (Fsp3) is 0.259. The van der Waals surface area contributed by atoms with Gasteiger partial charge in [-0.25, -0.2) is 32.2 Å². The zero-order chi connectivity index (χ0) is 35.5. The van der Waals surface area contributed by atoms with Crippen LogP contribution < -0.4 is 19.1 Å². The molecule has 1 aliphatic heterocycles. The topological polar surface area (TPSA) is 164 Å². The maximum Gasteiger partial charge on any atom is 0.325 e. The van der Waals surface area contributed by atoms with E-state index in [1.807, 2.05) is 0 Å². The van der Waals surface area contributed by atoms with E-state index in [1.54, 1.807) is 14.1 Å². The number of ether oxygens (including phenoxy) is 2. The first-order valence-electron chi connectivity index (χ1n) is 13.8. The average molecular weight is 763 g/mol. The molecule has 14 nitrogen and oxygen atoms in total. The Kier molecular flexibility index (Phi) is 10.9. The number of aromatic nitrogens is 6. The number of anilines is 1. The van der Waals surface area contributed by atoms with Crippen LogP contribution in [0.3, 0.4) is 0 Å². The third-order valence-corrected chi connectivity index (χ3v) is 10.0. The normalized spacial score (nSPS) is 13.1. The summed E-state index contributed by atoms with van der Waals surface area (Å²) in [4.78, 5) is 35.6. The Morgan fingerprint density at radius 3 is 2.45 bits per heavy atom. The molecule has 1 aliphatic rings. The lowest BCUT2D eigenvalue weighted by atomic mass is 10.3. The summed E-state index contributed by atoms with van der Waals surface area (Å²) in [6.07, 6.45) is 2.66. The van der Waals surface area contributed by atoms with Gasteiger partial charge in [-0.3, -0.25) is 19.0 Å². The zero-order valence-electron chi connectivity index (χ0n) is 25.2. The molecule has 0 fully saturated rings. The van der Waals surface area contributed by atoms with Gasteiger partial charge < -0.3 is 9.47 Å². The maximum atomic E-state index is 14.3. The number of esters is 1. The number of benzene rings is 2. The Balaban J connectivity index is 0.000000191. The van der Waals surface area contributed by atoms with Crippen molar-refractivity contribution in [2.24, 2.45) is 4.99 Å². The van der Waals surface area contributed by atoms with Crippen molar-refractivity contribution in [3.05, 3.63) is 79.3 Å². The van der Waals surface area contributed by atoms with Crippen molar-refractivity contribution in [3.63, 3.8) is 0 Å². The van der Waals surface area contributed by atoms with Crippen molar-refractivity contribution >= 4 is 67.7 Å². The molecule has 0 aliphatic carbocycles. The Hall–Kier alpha value is -4.47. The molecule has 0 unspecified atom stereocenters. The predicted octanol–water partition coefficient (Wildman–Crippen LogP) is 4.15. The van der Waals surface area contributed by atoms with Crippen LogP contribution in [0.1, 0.15) is 12.8 Å². The first kappa shape index (κ1) is 35.8. The van der Waals surface area contributed by atoms with Crippen LogP contribution in [0.4, 0.5) is 28.9 Å². The van der Waals surface area contributed by atoms with E-state index in [-0.39, 0.29) is 27.3 Å². The molecule has 49 heavy (non-hydrogen) atoms. The Bertz CT molecular complexity index is 2270. The third kappa shape index (κ3) is 7.89. The molecular weight excluding hydrogens is 740 g/mol. The Morgan fingerprint density at radius 1 is 1.08 bits per heavy atom. The lowest BCUT2D eigenvalue weighted by Crippen LogP contribution is -2.31. The summed E-state index contributed by atoms with van der Waals surface area (Å²) in [5.74, 6) is -4.14. The summed E-state index contributed by atoms with van der Waals surface area (Å²) in [6.45, 7) is 1.32. The van der Waals surface area contributed by atoms with Gasteiger partial charge in [-0.05, 0) is 48.4 Å². The minimum Gasteiger partial charge on any atom is -0.468 e. The number of thioether (sulfide) groups is 1. The van der Waals surface area contributed by atoms with Crippen LogP contribution in [0.5, 0.6) is 6.01 Å². The van der Waals surface area contributed by atoms with Gasteiger partial charge in [-0.15, -0.1) is 16.9 Å². The second kappa shape index (κ2) is 15.0. The second-order valence-electron chi connectivity index (χ2n) is 9.74. The number of halogens is 5. The molecule has 3 aromatic heterocycles. The highest BCUT2D eigenvalue weighted by Gasteiger charge is 2.26. The molecular formula is C27H23ClF4N8O6S3. The first-order valence-corrected chi connectivity index (χ1v) is 17.5. The predicted molar refractivity (Wildman–Crippen MR) is 170 cm³/mol. The van der Waals surface area contributed by atoms with Crippen LogP contribution >= 0.6 is 34.7 Å². The minimum atomic E-state index is -4.58. The molecule has 5 aromatic rings. The first-order chi connectivity index (χ1) is 23.3. The van der Waals surface area contributed by atoms with E-state index in [2.05, 4.69) is 24.8 Å². The molecule has 22 heteroatoms. The van der Waals surface area contributed by atoms with Crippen molar-refractivity contribution < 1.29 is 40.2 Å². The minimum absolute atomic E-state index is 0.0605. The fourth-order valence-corrected chi connectivity index (χ4v) is 7.20. The van der Waals surface area contributed by atoms with E-state index in [4.69, 9.17) is 16.3 Å². The number of hydrogen-bond donors (Lipinski definition) is 1. The molecule has 1 N–H and O–H groups in total. The number of rotatable bonds is 8. The summed E-state index contributed by atoms with van der Waals surface area (Å²) >= 11 is 8.17. The summed E-state index contributed by atoms with van der Waals surface area (Å²) in [5, 5.41) is 2.85. The lowest BCUT2D eigenvalue weighted by molar-refractivity contribution is -0.137. The SMILES string of the molecule is COC(=O)CSc1cc(N=c2sc(=O)n3n2CCCC3)c(F)cc1Cl.COc1ncc(F)c2nc(S(=O)(=O)Nc3c(F)cccc3F)nn12. The van der Waals surface area contributed by atoms with Gasteiger partial charge in [0.1, 0.15) is 28.8 Å². The number of para-hydroxylation sites is 1. The lowest BCUT2D eigenvalue weighted by Gasteiger charge is -2.15. The van der Waals surface area contributed by atoms with Gasteiger partial charge in [0.05, 0.1) is 31.2 Å². The summed E-state index contributed by atoms with van der Waals surface area (Å²) < 4.78 is 94.8. The van der Waals surface area contributed by atoms with E-state index in [0.717, 1.165) is 66.4 Å². The monoisotopic (exact) mass is 762 g/mol. The smallest absolute Gasteiger partial charge is 0.325 e. The van der Waals surface area contributed by atoms with Crippen LogP contribution in [0.15, 0.2) is 56.4 Å². The van der Waals surface area contributed by atoms with Gasteiger partial charge in [0, 0.05) is 18.0 Å². The van der Waals surface area contributed by atoms with E-state index < -0.39 is 55.8 Å². The Labute approximate surface area is 287 Å². The third-order valence-electron chi connectivity index (χ3n) is 6.58. The van der Waals surface area contributed by atoms with E-state index >= 15 is 0 Å². The molecule has 6 rings (SSSR count). The number of sulfonamides is 1. The molecule has 0 spiro atoms. The maximum absolute atomic E-state index is 14.3. The van der Waals surface area contributed by atoms with Gasteiger partial charge in [0.25, 0.3) is 15.2 Å². The highest BCUT2D eigenvalue weighted by Crippen LogP contribution is 2.33. The van der Waals surface area contributed by atoms with Crippen LogP contribution in [-0.2, 0) is 32.6 Å². The average Bonchev–Trinajstić information content (AvgIpc) is 3.67. The summed E-state index contributed by atoms with van der Waals surface area (Å²) in [7, 11) is -2.08. The van der Waals surface area contributed by atoms with Crippen LogP contribution in [0.2, 0.25) is 5.02 Å². The summed E-state index contributed by atoms with van der Waals surface area (Å²) in [5.41, 5.74) is -1.29. The van der Waals surface area contributed by atoms with Gasteiger partial charge >= 0.3 is 16.9 Å². The van der Waals surface area contributed by atoms with Crippen LogP contribution in [0, 0.1) is 23.3 Å². The molecule has 0 saturated carbocycles. The van der Waals surface area contributed by atoms with Gasteiger partial charge in [-0.1, -0.05) is 17.7 Å². The highest BCUT2D eigenvalue weighted by molar-refractivity contribution is 8.00. The number of nitrogens with one attached hydrogen (secondary N) is 1. The quantitative estimate of drug-likeness (QED) is 0.138. The number of hydrogen-bond acceptors (Lipinski definition) is 12. The van der Waals surface area contributed by atoms with E-state index in [1.165, 1.54) is 20.3 Å². The number of nitrogens with zero attached hydrogens (tertiary/aromatic N) is 7. The number of carbonyl (C=O) groups is 1. The van der Waals surface area contributed by atoms with Gasteiger partial charge in [0.2, 0.25) is 4.80 Å². The molecule has 4 heterocycles. The van der Waals surface area contributed by atoms with Crippen molar-refractivity contribution in [3.8, 4) is 6.01 Å². The molecule has 0 amide bonds. The highest BCUT2D eigenvalue weighted by atomic mass is 35.5. The van der Waals surface area contributed by atoms with E-state index in [9.17, 15) is 35.6 Å². The van der Waals surface area contributed by atoms with Gasteiger partial charge in [-0.2, -0.15) is 17.9 Å². The largest absolute Gasteiger partial charge is 0.468 e. The Morgan fingerprint density at radius 2 is 1.78 bits per heavy atom. The standard InChI is InChI=1S/C15H15ClFN3O3S2.C12H8F3N5O3S/c1-23-13(21)8-24-12-7-11(10(17)6-9(12)16)18-14-19-4-2-3-5-20(19)15(22)25-14;1-23-12-16-5-8(15)10-17-11(18-20(10)12)24(21,22)19-9-6(13)3-2-4-7(9)14/h6-7H,2-5,8H2,1H3;2-5,19H,1H3. The van der Waals surface area contributed by atoms with Crippen molar-refractivity contribution in [2.75, 3.05) is 24.7 Å². The summed E-state index contributed by atoms with van der Waals surface area (Å²) in [6, 6.07) is 5.22. The molecule has 0 saturated heterocycles. The van der Waals surface area contributed by atoms with Crippen LogP contribution in [-0.4, -0.2) is 63.3 Å². The number of fused-ring (bicyclic) bond motifs is 2. The molecule has 0 atom stereocenters. The van der Waals surface area contributed by atoms with Crippen molar-refractivity contribution in [2.45, 2.75) is 36.0 Å². The number of methoxy groups -OCH3 is 2. The van der Waals surface area contributed by atoms with E-state index in [0.29, 0.717) is 27.3 Å². The van der Waals surface area contributed by atoms with Crippen molar-refractivity contribution in [1.82, 2.24) is 28.9 Å². The fourth-order valence-electron chi connectivity index (χ4n) is 4.26. The van der Waals surface area contributed by atoms with Crippen LogP contribution in [0.25, 0.3) is 5.65 Å².